The van der Waals surface area contributed by atoms with Crippen LogP contribution in [0.4, 0.5) is 0 Å². The van der Waals surface area contributed by atoms with Crippen LogP contribution in [0.5, 0.6) is 0 Å². The van der Waals surface area contributed by atoms with Gasteiger partial charge < -0.3 is 13.4 Å². The Morgan fingerprint density at radius 2 is 0.772 bits per heavy atom. The van der Waals surface area contributed by atoms with E-state index < -0.39 is 0 Å². The molecule has 12 rings (SSSR count). The van der Waals surface area contributed by atoms with Crippen LogP contribution in [0.25, 0.3) is 116 Å². The molecule has 0 radical (unpaired) electrons. The zero-order valence-electron chi connectivity index (χ0n) is 30.7. The van der Waals surface area contributed by atoms with E-state index in [2.05, 4.69) is 167 Å². The number of rotatable bonds is 5. The summed E-state index contributed by atoms with van der Waals surface area (Å²) in [5.41, 5.74) is 16.1. The van der Waals surface area contributed by atoms with Crippen molar-refractivity contribution in [2.75, 3.05) is 0 Å². The van der Waals surface area contributed by atoms with Crippen molar-refractivity contribution < 1.29 is 8.83 Å². The Balaban J connectivity index is 1.04. The van der Waals surface area contributed by atoms with Crippen molar-refractivity contribution in [2.45, 2.75) is 0 Å². The van der Waals surface area contributed by atoms with Gasteiger partial charge in [-0.05, 0) is 123 Å². The van der Waals surface area contributed by atoms with Crippen LogP contribution < -0.4 is 0 Å². The highest BCUT2D eigenvalue weighted by Gasteiger charge is 2.16. The first-order valence-corrected chi connectivity index (χ1v) is 19.2. The molecule has 4 heteroatoms. The van der Waals surface area contributed by atoms with Crippen LogP contribution in [0.2, 0.25) is 0 Å². The minimum Gasteiger partial charge on any atom is -0.456 e. The zero-order chi connectivity index (χ0) is 37.5. The number of aromatic nitrogens is 2. The van der Waals surface area contributed by atoms with E-state index in [1.165, 1.54) is 5.39 Å². The van der Waals surface area contributed by atoms with Gasteiger partial charge in [0.2, 0.25) is 0 Å². The summed E-state index contributed by atoms with van der Waals surface area (Å²) < 4.78 is 14.7. The molecule has 4 heterocycles. The Hall–Kier alpha value is -7.69. The normalized spacial score (nSPS) is 11.9. The van der Waals surface area contributed by atoms with Crippen LogP contribution in [0.15, 0.2) is 203 Å². The van der Waals surface area contributed by atoms with Crippen molar-refractivity contribution in [1.29, 1.82) is 0 Å². The third kappa shape index (κ3) is 5.12. The second-order valence-electron chi connectivity index (χ2n) is 14.8. The second-order valence-corrected chi connectivity index (χ2v) is 14.8. The Bertz CT molecular complexity index is 3320. The maximum atomic E-state index is 6.16. The van der Waals surface area contributed by atoms with Crippen molar-refractivity contribution in [3.63, 3.8) is 0 Å². The molecule has 0 fully saturated rings. The van der Waals surface area contributed by atoms with Crippen molar-refractivity contribution in [3.8, 4) is 50.2 Å². The van der Waals surface area contributed by atoms with Gasteiger partial charge in [0.1, 0.15) is 22.3 Å². The van der Waals surface area contributed by atoms with Crippen LogP contribution in [0, 0.1) is 0 Å². The molecule has 0 atom stereocenters. The lowest BCUT2D eigenvalue weighted by molar-refractivity contribution is 0.668. The third-order valence-corrected chi connectivity index (χ3v) is 11.5. The third-order valence-electron chi connectivity index (χ3n) is 11.5. The fraction of sp³-hybridized carbons (Fsp3) is 0. The molecule has 0 saturated carbocycles. The number of benzene rings is 8. The van der Waals surface area contributed by atoms with Crippen molar-refractivity contribution >= 4 is 65.7 Å². The Kier molecular flexibility index (Phi) is 6.89. The number of hydrogen-bond acceptors (Lipinski definition) is 3. The van der Waals surface area contributed by atoms with Crippen LogP contribution in [0.1, 0.15) is 0 Å². The molecule has 0 amide bonds. The highest BCUT2D eigenvalue weighted by molar-refractivity contribution is 6.10. The predicted molar refractivity (Wildman–Crippen MR) is 235 cm³/mol. The molecule has 0 aliphatic rings. The molecule has 0 unspecified atom stereocenters. The van der Waals surface area contributed by atoms with Crippen molar-refractivity contribution in [3.05, 3.63) is 194 Å². The minimum absolute atomic E-state index is 0.898. The molecule has 0 aliphatic heterocycles. The SMILES string of the molecule is c1cc(-c2cc(-c3cccc(-c4ccc5oc6ccccc6c5c4)c3)cc(-n3c4ccccc4c4cnccc43)c2)cc(-c2ccc3oc4ccccc4c3c2)c1. The maximum Gasteiger partial charge on any atom is 0.135 e. The van der Waals surface area contributed by atoms with Gasteiger partial charge in [-0.1, -0.05) is 103 Å². The van der Waals surface area contributed by atoms with Gasteiger partial charge in [-0.2, -0.15) is 0 Å². The smallest absolute Gasteiger partial charge is 0.135 e. The number of para-hydroxylation sites is 3. The lowest BCUT2D eigenvalue weighted by Crippen LogP contribution is -1.96. The van der Waals surface area contributed by atoms with Gasteiger partial charge in [0, 0.05) is 50.4 Å². The van der Waals surface area contributed by atoms with Gasteiger partial charge in [0.25, 0.3) is 0 Å². The maximum absolute atomic E-state index is 6.16. The average molecular weight is 729 g/mol. The highest BCUT2D eigenvalue weighted by atomic mass is 16.3. The summed E-state index contributed by atoms with van der Waals surface area (Å²) >= 11 is 0. The molecule has 0 N–H and O–H groups in total. The molecule has 4 nitrogen and oxygen atoms in total. The number of pyridine rings is 1. The fourth-order valence-corrected chi connectivity index (χ4v) is 8.74. The largest absolute Gasteiger partial charge is 0.456 e. The molecule has 57 heavy (non-hydrogen) atoms. The molecule has 0 saturated heterocycles. The fourth-order valence-electron chi connectivity index (χ4n) is 8.74. The number of hydrogen-bond donors (Lipinski definition) is 0. The van der Waals surface area contributed by atoms with E-state index >= 15 is 0 Å². The summed E-state index contributed by atoms with van der Waals surface area (Å²) in [6.45, 7) is 0. The van der Waals surface area contributed by atoms with Gasteiger partial charge in [-0.3, -0.25) is 4.98 Å². The van der Waals surface area contributed by atoms with Gasteiger partial charge in [-0.25, -0.2) is 0 Å². The number of fused-ring (bicyclic) bond motifs is 9. The monoisotopic (exact) mass is 728 g/mol. The van der Waals surface area contributed by atoms with Gasteiger partial charge >= 0.3 is 0 Å². The standard InChI is InChI=1S/C53H32N2O2/c1-4-16-48-42(13-1)47-32-54-24-23-49(47)55(48)41-28-39(35-11-7-9-33(25-35)37-19-21-52-45(30-37)43-14-2-5-17-50(43)56-52)27-40(29-41)36-12-8-10-34(26-36)38-20-22-53-46(31-38)44-15-3-6-18-51(44)57-53/h1-32H. The van der Waals surface area contributed by atoms with Crippen LogP contribution in [0.3, 0.4) is 0 Å². The summed E-state index contributed by atoms with van der Waals surface area (Å²) in [5, 5.41) is 6.82. The molecule has 0 aliphatic carbocycles. The Labute approximate surface area is 327 Å². The quantitative estimate of drug-likeness (QED) is 0.177. The van der Waals surface area contributed by atoms with E-state index in [0.29, 0.717) is 0 Å². The summed E-state index contributed by atoms with van der Waals surface area (Å²) in [7, 11) is 0. The summed E-state index contributed by atoms with van der Waals surface area (Å²) in [6.07, 6.45) is 3.86. The number of furan rings is 2. The highest BCUT2D eigenvalue weighted by Crippen LogP contribution is 2.39. The number of nitrogens with zero attached hydrogens (tertiary/aromatic N) is 2. The molecule has 12 aromatic rings. The topological polar surface area (TPSA) is 44.1 Å². The van der Waals surface area contributed by atoms with E-state index in [4.69, 9.17) is 8.83 Å². The first-order chi connectivity index (χ1) is 28.2. The van der Waals surface area contributed by atoms with Crippen LogP contribution >= 0.6 is 0 Å². The van der Waals surface area contributed by atoms with E-state index in [0.717, 1.165) is 110 Å². The molecule has 4 aromatic heterocycles. The van der Waals surface area contributed by atoms with Crippen molar-refractivity contribution in [2.24, 2.45) is 0 Å². The second kappa shape index (κ2) is 12.4. The van der Waals surface area contributed by atoms with E-state index in [9.17, 15) is 0 Å². The minimum atomic E-state index is 0.898. The van der Waals surface area contributed by atoms with Crippen LogP contribution in [-0.2, 0) is 0 Å². The van der Waals surface area contributed by atoms with Gasteiger partial charge in [-0.15, -0.1) is 0 Å². The molecule has 0 spiro atoms. The van der Waals surface area contributed by atoms with E-state index in [1.807, 2.05) is 36.7 Å². The van der Waals surface area contributed by atoms with Crippen molar-refractivity contribution in [1.82, 2.24) is 9.55 Å². The van der Waals surface area contributed by atoms with E-state index in [-0.39, 0.29) is 0 Å². The summed E-state index contributed by atoms with van der Waals surface area (Å²) in [4.78, 5) is 4.52. The zero-order valence-corrected chi connectivity index (χ0v) is 30.7. The molecule has 0 bridgehead atoms. The summed E-state index contributed by atoms with van der Waals surface area (Å²) in [6, 6.07) is 65.0. The average Bonchev–Trinajstić information content (AvgIpc) is 3.95. The molecule has 8 aromatic carbocycles. The Morgan fingerprint density at radius 3 is 1.37 bits per heavy atom. The predicted octanol–water partition coefficient (Wildman–Crippen LogP) is 14.6. The van der Waals surface area contributed by atoms with E-state index in [1.54, 1.807) is 0 Å². The molecular weight excluding hydrogens is 697 g/mol. The van der Waals surface area contributed by atoms with Gasteiger partial charge in [0.05, 0.1) is 11.0 Å². The molecule has 266 valence electrons. The first kappa shape index (κ1) is 31.6. The summed E-state index contributed by atoms with van der Waals surface area (Å²) in [5.74, 6) is 0. The lowest BCUT2D eigenvalue weighted by Gasteiger charge is -2.15. The van der Waals surface area contributed by atoms with Gasteiger partial charge in [0.15, 0.2) is 0 Å². The molecular formula is C53H32N2O2. The Morgan fingerprint density at radius 1 is 0.316 bits per heavy atom. The van der Waals surface area contributed by atoms with Crippen LogP contribution in [-0.4, -0.2) is 9.55 Å². The lowest BCUT2D eigenvalue weighted by atomic mass is 9.93. The first-order valence-electron chi connectivity index (χ1n) is 19.2.